The van der Waals surface area contributed by atoms with Crippen molar-refractivity contribution >= 4 is 0 Å². The van der Waals surface area contributed by atoms with Crippen LogP contribution >= 0.6 is 0 Å². The molecule has 1 rings (SSSR count). The molecule has 3 nitrogen and oxygen atoms in total. The van der Waals surface area contributed by atoms with E-state index in [0.717, 1.165) is 16.9 Å². The van der Waals surface area contributed by atoms with Gasteiger partial charge in [-0.2, -0.15) is 0 Å². The Morgan fingerprint density at radius 3 is 2.53 bits per heavy atom. The van der Waals surface area contributed by atoms with Crippen LogP contribution in [0.1, 0.15) is 5.56 Å². The second-order valence-corrected chi connectivity index (χ2v) is 3.36. The van der Waals surface area contributed by atoms with Crippen molar-refractivity contribution in [1.82, 2.24) is 0 Å². The van der Waals surface area contributed by atoms with Crippen molar-refractivity contribution in [1.29, 1.82) is 0 Å². The Morgan fingerprint density at radius 1 is 1.33 bits per heavy atom. The molecule has 0 aliphatic rings. The minimum atomic E-state index is 0.171. The molecule has 0 heterocycles. The van der Waals surface area contributed by atoms with Gasteiger partial charge in [-0.05, 0) is 29.7 Å². The van der Waals surface area contributed by atoms with E-state index in [-0.39, 0.29) is 6.61 Å². The summed E-state index contributed by atoms with van der Waals surface area (Å²) in [6.45, 7) is 4.82. The molecule has 0 aliphatic heterocycles. The molecule has 0 bridgehead atoms. The maximum absolute atomic E-state index is 8.74. The first kappa shape index (κ1) is 11.8. The molecule has 1 aromatic carbocycles. The molecule has 0 amide bonds. The monoisotopic (exact) mass is 207 g/mol. The number of benzene rings is 1. The fourth-order valence-corrected chi connectivity index (χ4v) is 1.13. The van der Waals surface area contributed by atoms with Crippen molar-refractivity contribution in [3.05, 3.63) is 42.0 Å². The van der Waals surface area contributed by atoms with Gasteiger partial charge in [-0.1, -0.05) is 18.7 Å². The molecule has 0 saturated heterocycles. The zero-order valence-electron chi connectivity index (χ0n) is 8.78. The summed E-state index contributed by atoms with van der Waals surface area (Å²) in [4.78, 5) is 0. The standard InChI is InChI=1S/C12H17NO2/c1-10(8-13)9-15-12-4-2-11(3-5-12)6-7-14/h2-5,14H,1,6-9,13H2. The van der Waals surface area contributed by atoms with Crippen LogP contribution in [-0.2, 0) is 6.42 Å². The van der Waals surface area contributed by atoms with Gasteiger partial charge in [0.25, 0.3) is 0 Å². The molecule has 0 aliphatic carbocycles. The summed E-state index contributed by atoms with van der Waals surface area (Å²) in [7, 11) is 0. The van der Waals surface area contributed by atoms with Gasteiger partial charge in [0, 0.05) is 13.2 Å². The summed E-state index contributed by atoms with van der Waals surface area (Å²) >= 11 is 0. The maximum atomic E-state index is 8.74. The van der Waals surface area contributed by atoms with Crippen LogP contribution in [-0.4, -0.2) is 24.9 Å². The molecule has 0 saturated carbocycles. The van der Waals surface area contributed by atoms with E-state index >= 15 is 0 Å². The summed E-state index contributed by atoms with van der Waals surface area (Å²) in [5, 5.41) is 8.74. The first-order chi connectivity index (χ1) is 7.26. The van der Waals surface area contributed by atoms with Crippen LogP contribution in [0.3, 0.4) is 0 Å². The normalized spacial score (nSPS) is 10.0. The van der Waals surface area contributed by atoms with Crippen LogP contribution in [0.2, 0.25) is 0 Å². The zero-order chi connectivity index (χ0) is 11.1. The molecule has 0 fully saturated rings. The number of aliphatic hydroxyl groups excluding tert-OH is 1. The van der Waals surface area contributed by atoms with Crippen LogP contribution < -0.4 is 10.5 Å². The van der Waals surface area contributed by atoms with E-state index in [1.807, 2.05) is 24.3 Å². The van der Waals surface area contributed by atoms with Crippen LogP contribution in [0.5, 0.6) is 5.75 Å². The second-order valence-electron chi connectivity index (χ2n) is 3.36. The van der Waals surface area contributed by atoms with E-state index in [1.165, 1.54) is 0 Å². The van der Waals surface area contributed by atoms with Gasteiger partial charge in [0.2, 0.25) is 0 Å². The van der Waals surface area contributed by atoms with Crippen LogP contribution in [0.25, 0.3) is 0 Å². The molecular formula is C12H17NO2. The molecule has 82 valence electrons. The molecule has 1 aromatic rings. The number of aliphatic hydroxyl groups is 1. The van der Waals surface area contributed by atoms with Gasteiger partial charge >= 0.3 is 0 Å². The van der Waals surface area contributed by atoms with Gasteiger partial charge in [-0.3, -0.25) is 0 Å². The minimum absolute atomic E-state index is 0.171. The van der Waals surface area contributed by atoms with Crippen LogP contribution in [0.4, 0.5) is 0 Å². The summed E-state index contributed by atoms with van der Waals surface area (Å²) in [5.41, 5.74) is 7.36. The number of nitrogens with two attached hydrogens (primary N) is 1. The minimum Gasteiger partial charge on any atom is -0.489 e. The van der Waals surface area contributed by atoms with Crippen molar-refractivity contribution in [2.75, 3.05) is 19.8 Å². The van der Waals surface area contributed by atoms with E-state index in [1.54, 1.807) is 0 Å². The van der Waals surface area contributed by atoms with E-state index in [9.17, 15) is 0 Å². The van der Waals surface area contributed by atoms with Gasteiger partial charge < -0.3 is 15.6 Å². The molecule has 0 atom stereocenters. The lowest BCUT2D eigenvalue weighted by Gasteiger charge is -2.07. The van der Waals surface area contributed by atoms with Crippen molar-refractivity contribution in [2.24, 2.45) is 5.73 Å². The van der Waals surface area contributed by atoms with E-state index in [2.05, 4.69) is 6.58 Å². The highest BCUT2D eigenvalue weighted by molar-refractivity contribution is 5.27. The summed E-state index contributed by atoms with van der Waals surface area (Å²) in [5.74, 6) is 0.797. The molecule has 0 spiro atoms. The highest BCUT2D eigenvalue weighted by Gasteiger charge is 1.96. The van der Waals surface area contributed by atoms with Crippen LogP contribution in [0.15, 0.2) is 36.4 Å². The number of hydrogen-bond acceptors (Lipinski definition) is 3. The largest absolute Gasteiger partial charge is 0.489 e. The van der Waals surface area contributed by atoms with Crippen molar-refractivity contribution < 1.29 is 9.84 Å². The molecule has 3 heteroatoms. The van der Waals surface area contributed by atoms with E-state index in [4.69, 9.17) is 15.6 Å². The summed E-state index contributed by atoms with van der Waals surface area (Å²) in [6.07, 6.45) is 0.676. The first-order valence-corrected chi connectivity index (χ1v) is 4.95. The van der Waals surface area contributed by atoms with Gasteiger partial charge in [0.05, 0.1) is 0 Å². The maximum Gasteiger partial charge on any atom is 0.119 e. The third-order valence-electron chi connectivity index (χ3n) is 2.06. The summed E-state index contributed by atoms with van der Waals surface area (Å²) < 4.78 is 5.45. The Labute approximate surface area is 90.2 Å². The SMILES string of the molecule is C=C(CN)COc1ccc(CCO)cc1. The lowest BCUT2D eigenvalue weighted by Crippen LogP contribution is -2.09. The van der Waals surface area contributed by atoms with Crippen LogP contribution in [0, 0.1) is 0 Å². The quantitative estimate of drug-likeness (QED) is 0.687. The number of rotatable bonds is 6. The lowest BCUT2D eigenvalue weighted by atomic mass is 10.1. The zero-order valence-corrected chi connectivity index (χ0v) is 8.78. The molecular weight excluding hydrogens is 190 g/mol. The van der Waals surface area contributed by atoms with Gasteiger partial charge in [-0.25, -0.2) is 0 Å². The van der Waals surface area contributed by atoms with Crippen molar-refractivity contribution in [2.45, 2.75) is 6.42 Å². The Hall–Kier alpha value is -1.32. The Kier molecular flexibility index (Phi) is 4.87. The molecule has 3 N–H and O–H groups in total. The molecule has 15 heavy (non-hydrogen) atoms. The van der Waals surface area contributed by atoms with Crippen molar-refractivity contribution in [3.8, 4) is 5.75 Å². The Balaban J connectivity index is 2.45. The average molecular weight is 207 g/mol. The number of ether oxygens (including phenoxy) is 1. The average Bonchev–Trinajstić information content (AvgIpc) is 2.28. The Morgan fingerprint density at radius 2 is 2.00 bits per heavy atom. The van der Waals surface area contributed by atoms with Gasteiger partial charge in [0.1, 0.15) is 12.4 Å². The second kappa shape index (κ2) is 6.22. The highest BCUT2D eigenvalue weighted by Crippen LogP contribution is 2.12. The Bertz CT molecular complexity index is 306. The third-order valence-corrected chi connectivity index (χ3v) is 2.06. The van der Waals surface area contributed by atoms with E-state index in [0.29, 0.717) is 19.6 Å². The smallest absolute Gasteiger partial charge is 0.119 e. The predicted octanol–water partition coefficient (Wildman–Crippen LogP) is 1.12. The third kappa shape index (κ3) is 4.14. The fourth-order valence-electron chi connectivity index (χ4n) is 1.13. The van der Waals surface area contributed by atoms with E-state index < -0.39 is 0 Å². The first-order valence-electron chi connectivity index (χ1n) is 4.95. The highest BCUT2D eigenvalue weighted by atomic mass is 16.5. The number of hydrogen-bond donors (Lipinski definition) is 2. The molecule has 0 aromatic heterocycles. The topological polar surface area (TPSA) is 55.5 Å². The van der Waals surface area contributed by atoms with Crippen molar-refractivity contribution in [3.63, 3.8) is 0 Å². The predicted molar refractivity (Wildman–Crippen MR) is 60.9 cm³/mol. The fraction of sp³-hybridized carbons (Fsp3) is 0.333. The lowest BCUT2D eigenvalue weighted by molar-refractivity contribution is 0.299. The molecule has 0 radical (unpaired) electrons. The van der Waals surface area contributed by atoms with Gasteiger partial charge in [0.15, 0.2) is 0 Å². The summed E-state index contributed by atoms with van der Waals surface area (Å²) in [6, 6.07) is 7.65. The van der Waals surface area contributed by atoms with Gasteiger partial charge in [-0.15, -0.1) is 0 Å². The molecule has 0 unspecified atom stereocenters.